The molecule has 0 spiro atoms. The molecule has 70 valence electrons. The molecule has 0 aromatic rings. The van der Waals surface area contributed by atoms with Gasteiger partial charge >= 0.3 is 0 Å². The summed E-state index contributed by atoms with van der Waals surface area (Å²) < 4.78 is 0. The van der Waals surface area contributed by atoms with E-state index in [2.05, 4.69) is 45.7 Å². The minimum Gasteiger partial charge on any atom is -0.314 e. The number of nitrogens with one attached hydrogen (secondary N) is 1. The molecule has 1 N–H and O–H groups in total. The molecule has 0 aliphatic carbocycles. The van der Waals surface area contributed by atoms with Crippen LogP contribution in [0.4, 0.5) is 0 Å². The van der Waals surface area contributed by atoms with Gasteiger partial charge in [-0.2, -0.15) is 0 Å². The second-order valence-electron chi connectivity index (χ2n) is 3.43. The number of hydrogen-bond donors (Lipinski definition) is 1. The quantitative estimate of drug-likeness (QED) is 0.621. The fraction of sp³-hybridized carbons (Fsp3) is 0.636. The van der Waals surface area contributed by atoms with Crippen molar-refractivity contribution in [2.45, 2.75) is 40.2 Å². The van der Waals surface area contributed by atoms with E-state index in [-0.39, 0.29) is 0 Å². The van der Waals surface area contributed by atoms with E-state index < -0.39 is 0 Å². The smallest absolute Gasteiger partial charge is 0.00105 e. The Hall–Kier alpha value is -0.560. The number of hydrogen-bond acceptors (Lipinski definition) is 1. The van der Waals surface area contributed by atoms with E-state index in [0.29, 0.717) is 6.04 Å². The average Bonchev–Trinajstić information content (AvgIpc) is 2.02. The van der Waals surface area contributed by atoms with Crippen molar-refractivity contribution in [3.8, 4) is 0 Å². The molecule has 0 aliphatic rings. The molecule has 0 aromatic carbocycles. The molecule has 0 atom stereocenters. The number of rotatable bonds is 5. The second kappa shape index (κ2) is 6.01. The molecular weight excluding hydrogens is 146 g/mol. The molecule has 1 heteroatoms. The topological polar surface area (TPSA) is 12.0 Å². The Labute approximate surface area is 76.6 Å². The van der Waals surface area contributed by atoms with Crippen molar-refractivity contribution in [1.29, 1.82) is 0 Å². The lowest BCUT2D eigenvalue weighted by atomic mass is 10.1. The van der Waals surface area contributed by atoms with Crippen LogP contribution in [-0.2, 0) is 0 Å². The molecule has 0 rings (SSSR count). The van der Waals surface area contributed by atoms with Gasteiger partial charge in [-0.15, -0.1) is 0 Å². The first kappa shape index (κ1) is 11.4. The van der Waals surface area contributed by atoms with E-state index in [1.54, 1.807) is 0 Å². The van der Waals surface area contributed by atoms with Crippen LogP contribution in [0.15, 0.2) is 23.8 Å². The summed E-state index contributed by atoms with van der Waals surface area (Å²) in [4.78, 5) is 0. The van der Waals surface area contributed by atoms with Crippen LogP contribution in [0.25, 0.3) is 0 Å². The van der Waals surface area contributed by atoms with Crippen LogP contribution in [0.3, 0.4) is 0 Å². The van der Waals surface area contributed by atoms with Crippen molar-refractivity contribution in [3.05, 3.63) is 23.8 Å². The van der Waals surface area contributed by atoms with E-state index in [1.165, 1.54) is 11.1 Å². The van der Waals surface area contributed by atoms with E-state index in [1.807, 2.05) is 0 Å². The summed E-state index contributed by atoms with van der Waals surface area (Å²) in [6.07, 6.45) is 3.16. The third kappa shape index (κ3) is 5.14. The lowest BCUT2D eigenvalue weighted by Crippen LogP contribution is -2.23. The predicted molar refractivity (Wildman–Crippen MR) is 56.3 cm³/mol. The van der Waals surface area contributed by atoms with Gasteiger partial charge in [0, 0.05) is 6.04 Å². The fourth-order valence-electron chi connectivity index (χ4n) is 0.913. The van der Waals surface area contributed by atoms with Gasteiger partial charge in [-0.05, 0) is 26.8 Å². The Morgan fingerprint density at radius 1 is 1.50 bits per heavy atom. The highest BCUT2D eigenvalue weighted by atomic mass is 14.9. The van der Waals surface area contributed by atoms with E-state index in [4.69, 9.17) is 0 Å². The van der Waals surface area contributed by atoms with Crippen LogP contribution in [0.2, 0.25) is 0 Å². The monoisotopic (exact) mass is 167 g/mol. The summed E-state index contributed by atoms with van der Waals surface area (Å²) in [6, 6.07) is 0.573. The normalized spacial score (nSPS) is 12.2. The molecule has 0 heterocycles. The first-order chi connectivity index (χ1) is 5.57. The molecule has 0 aromatic heterocycles. The molecule has 0 fully saturated rings. The summed E-state index contributed by atoms with van der Waals surface area (Å²) in [5.74, 6) is 0. The Balaban J connectivity index is 3.58. The van der Waals surface area contributed by atoms with Gasteiger partial charge in [0.15, 0.2) is 0 Å². The summed E-state index contributed by atoms with van der Waals surface area (Å²) >= 11 is 0. The van der Waals surface area contributed by atoms with E-state index in [9.17, 15) is 0 Å². The highest BCUT2D eigenvalue weighted by molar-refractivity contribution is 5.25. The molecule has 0 amide bonds. The average molecular weight is 167 g/mol. The van der Waals surface area contributed by atoms with Crippen LogP contribution in [0.5, 0.6) is 0 Å². The van der Waals surface area contributed by atoms with Crippen LogP contribution in [-0.4, -0.2) is 12.6 Å². The molecule has 0 saturated carbocycles. The Morgan fingerprint density at radius 2 is 2.08 bits per heavy atom. The summed E-state index contributed by atoms with van der Waals surface area (Å²) in [6.45, 7) is 13.5. The Bertz CT molecular complexity index is 166. The minimum atomic E-state index is 0.573. The van der Waals surface area contributed by atoms with Gasteiger partial charge in [0.05, 0.1) is 0 Å². The van der Waals surface area contributed by atoms with Crippen molar-refractivity contribution in [2.75, 3.05) is 6.54 Å². The zero-order valence-electron chi connectivity index (χ0n) is 8.78. The van der Waals surface area contributed by atoms with Crippen molar-refractivity contribution >= 4 is 0 Å². The first-order valence-corrected chi connectivity index (χ1v) is 4.62. The maximum Gasteiger partial charge on any atom is 0.00105 e. The molecule has 12 heavy (non-hydrogen) atoms. The van der Waals surface area contributed by atoms with Crippen molar-refractivity contribution in [2.24, 2.45) is 0 Å². The lowest BCUT2D eigenvalue weighted by molar-refractivity contribution is 0.590. The van der Waals surface area contributed by atoms with Gasteiger partial charge in [0.2, 0.25) is 0 Å². The predicted octanol–water partition coefficient (Wildman–Crippen LogP) is 2.90. The summed E-state index contributed by atoms with van der Waals surface area (Å²) in [5.41, 5.74) is 2.55. The van der Waals surface area contributed by atoms with Crippen molar-refractivity contribution in [1.82, 2.24) is 5.32 Å². The van der Waals surface area contributed by atoms with Crippen LogP contribution < -0.4 is 5.32 Å². The zero-order valence-corrected chi connectivity index (χ0v) is 8.78. The van der Waals surface area contributed by atoms with Crippen LogP contribution in [0.1, 0.15) is 34.1 Å². The molecule has 1 nitrogen and oxygen atoms in total. The first-order valence-electron chi connectivity index (χ1n) is 4.62. The molecule has 0 saturated heterocycles. The minimum absolute atomic E-state index is 0.573. The Morgan fingerprint density at radius 3 is 2.50 bits per heavy atom. The molecule has 0 bridgehead atoms. The van der Waals surface area contributed by atoms with Gasteiger partial charge in [-0.1, -0.05) is 37.6 Å². The Kier molecular flexibility index (Phi) is 5.73. The number of allylic oxidation sites excluding steroid dienone is 2. The summed E-state index contributed by atoms with van der Waals surface area (Å²) in [5, 5.41) is 3.37. The molecular formula is C11H21N. The third-order valence-electron chi connectivity index (χ3n) is 1.97. The van der Waals surface area contributed by atoms with Gasteiger partial charge < -0.3 is 5.32 Å². The molecule has 0 radical (unpaired) electrons. The van der Waals surface area contributed by atoms with Crippen LogP contribution >= 0.6 is 0 Å². The summed E-state index contributed by atoms with van der Waals surface area (Å²) in [7, 11) is 0. The molecule has 0 unspecified atom stereocenters. The zero-order chi connectivity index (χ0) is 9.56. The maximum absolute atomic E-state index is 4.01. The highest BCUT2D eigenvalue weighted by Gasteiger charge is 1.96. The van der Waals surface area contributed by atoms with Gasteiger partial charge in [0.25, 0.3) is 0 Å². The maximum atomic E-state index is 4.01. The third-order valence-corrected chi connectivity index (χ3v) is 1.97. The SMILES string of the molecule is C=C(CCNC(C)C)/C(C)=C/C. The van der Waals surface area contributed by atoms with Crippen molar-refractivity contribution in [3.63, 3.8) is 0 Å². The van der Waals surface area contributed by atoms with Gasteiger partial charge in [-0.25, -0.2) is 0 Å². The van der Waals surface area contributed by atoms with E-state index in [0.717, 1.165) is 13.0 Å². The standard InChI is InChI=1S/C11H21N/c1-6-10(4)11(5)7-8-12-9(2)3/h6,9,12H,5,7-8H2,1-4H3/b10-6+. The van der Waals surface area contributed by atoms with E-state index >= 15 is 0 Å². The van der Waals surface area contributed by atoms with Crippen LogP contribution in [0, 0.1) is 0 Å². The largest absolute Gasteiger partial charge is 0.314 e. The van der Waals surface area contributed by atoms with Gasteiger partial charge in [-0.3, -0.25) is 0 Å². The second-order valence-corrected chi connectivity index (χ2v) is 3.43. The molecule has 0 aliphatic heterocycles. The fourth-order valence-corrected chi connectivity index (χ4v) is 0.913. The van der Waals surface area contributed by atoms with Gasteiger partial charge in [0.1, 0.15) is 0 Å². The van der Waals surface area contributed by atoms with Crippen molar-refractivity contribution < 1.29 is 0 Å². The lowest BCUT2D eigenvalue weighted by Gasteiger charge is -2.09. The highest BCUT2D eigenvalue weighted by Crippen LogP contribution is 2.09.